The van der Waals surface area contributed by atoms with Crippen molar-refractivity contribution >= 4 is 29.0 Å². The van der Waals surface area contributed by atoms with Crippen molar-refractivity contribution in [2.45, 2.75) is 42.6 Å². The van der Waals surface area contributed by atoms with Crippen LogP contribution in [0.3, 0.4) is 0 Å². The van der Waals surface area contributed by atoms with Crippen LogP contribution in [0.2, 0.25) is 0 Å². The second-order valence-corrected chi connectivity index (χ2v) is 8.71. The smallest absolute Gasteiger partial charge is 0.233 e. The van der Waals surface area contributed by atoms with Gasteiger partial charge in [0, 0.05) is 23.0 Å². The van der Waals surface area contributed by atoms with Crippen molar-refractivity contribution in [3.63, 3.8) is 0 Å². The zero-order valence-electron chi connectivity index (χ0n) is 14.5. The molecule has 1 amide bonds. The predicted octanol–water partition coefficient (Wildman–Crippen LogP) is 3.68. The third kappa shape index (κ3) is 3.99. The Morgan fingerprint density at radius 2 is 2.08 bits per heavy atom. The van der Waals surface area contributed by atoms with Crippen LogP contribution in [0, 0.1) is 0 Å². The minimum absolute atomic E-state index is 0.0694. The number of thiophene rings is 1. The van der Waals surface area contributed by atoms with E-state index in [1.165, 1.54) is 16.6 Å². The average Bonchev–Trinajstić information content (AvgIpc) is 3.16. The van der Waals surface area contributed by atoms with Gasteiger partial charge in [-0.05, 0) is 43.3 Å². The molecule has 1 N–H and O–H groups in total. The van der Waals surface area contributed by atoms with Crippen LogP contribution in [0.5, 0.6) is 0 Å². The zero-order valence-corrected chi connectivity index (χ0v) is 16.1. The van der Waals surface area contributed by atoms with Gasteiger partial charge in [0.05, 0.1) is 5.25 Å². The quantitative estimate of drug-likeness (QED) is 0.631. The fraction of sp³-hybridized carbons (Fsp3) is 0.316. The Kier molecular flexibility index (Phi) is 5.08. The van der Waals surface area contributed by atoms with Crippen molar-refractivity contribution < 1.29 is 4.79 Å². The number of carbonyl (C=O) groups is 1. The average molecular weight is 385 g/mol. The van der Waals surface area contributed by atoms with E-state index in [1.807, 2.05) is 43.3 Å². The molecule has 134 valence electrons. The lowest BCUT2D eigenvalue weighted by molar-refractivity contribution is -0.120. The summed E-state index contributed by atoms with van der Waals surface area (Å²) in [5.74, 6) is 0.955. The molecule has 5 nitrogen and oxygen atoms in total. The van der Waals surface area contributed by atoms with Crippen LogP contribution in [-0.2, 0) is 11.2 Å². The summed E-state index contributed by atoms with van der Waals surface area (Å²) in [6.07, 6.45) is 2.91. The summed E-state index contributed by atoms with van der Waals surface area (Å²) in [5, 5.41) is 14.5. The molecule has 0 saturated heterocycles. The molecular formula is C19H20N4OS2. The van der Waals surface area contributed by atoms with Crippen LogP contribution in [0.25, 0.3) is 5.69 Å². The van der Waals surface area contributed by atoms with Gasteiger partial charge in [-0.2, -0.15) is 0 Å². The fourth-order valence-electron chi connectivity index (χ4n) is 2.65. The van der Waals surface area contributed by atoms with Gasteiger partial charge < -0.3 is 5.32 Å². The molecule has 1 saturated carbocycles. The first kappa shape index (κ1) is 17.3. The molecular weight excluding hydrogens is 364 g/mol. The van der Waals surface area contributed by atoms with Gasteiger partial charge in [0.15, 0.2) is 5.16 Å². The van der Waals surface area contributed by atoms with E-state index in [2.05, 4.69) is 31.5 Å². The normalized spacial score (nSPS) is 15.0. The Balaban J connectivity index is 1.61. The van der Waals surface area contributed by atoms with Gasteiger partial charge in [-0.25, -0.2) is 0 Å². The summed E-state index contributed by atoms with van der Waals surface area (Å²) < 4.78 is 2.06. The first-order chi connectivity index (χ1) is 12.7. The Hall–Kier alpha value is -2.12. The van der Waals surface area contributed by atoms with E-state index in [-0.39, 0.29) is 11.2 Å². The molecule has 4 rings (SSSR count). The summed E-state index contributed by atoms with van der Waals surface area (Å²) in [7, 11) is 0. The lowest BCUT2D eigenvalue weighted by atomic mass is 10.3. The SMILES string of the molecule is CC(Sc1nnc(Cc2cccs2)n1-c1ccccc1)C(=O)NC1CC1. The van der Waals surface area contributed by atoms with E-state index in [0.29, 0.717) is 6.04 Å². The van der Waals surface area contributed by atoms with Crippen LogP contribution >= 0.6 is 23.1 Å². The van der Waals surface area contributed by atoms with Crippen molar-refractivity contribution in [3.8, 4) is 5.69 Å². The van der Waals surface area contributed by atoms with Crippen LogP contribution < -0.4 is 5.32 Å². The molecule has 1 aromatic carbocycles. The Morgan fingerprint density at radius 3 is 2.77 bits per heavy atom. The van der Waals surface area contributed by atoms with Crippen molar-refractivity contribution in [1.82, 2.24) is 20.1 Å². The minimum atomic E-state index is -0.211. The van der Waals surface area contributed by atoms with Crippen molar-refractivity contribution in [1.29, 1.82) is 0 Å². The van der Waals surface area contributed by atoms with E-state index < -0.39 is 0 Å². The molecule has 26 heavy (non-hydrogen) atoms. The zero-order chi connectivity index (χ0) is 17.9. The number of hydrogen-bond donors (Lipinski definition) is 1. The molecule has 2 aromatic heterocycles. The Morgan fingerprint density at radius 1 is 1.27 bits per heavy atom. The Labute approximate surface area is 160 Å². The monoisotopic (exact) mass is 384 g/mol. The van der Waals surface area contributed by atoms with Crippen LogP contribution in [0.4, 0.5) is 0 Å². The van der Waals surface area contributed by atoms with Crippen molar-refractivity contribution in [3.05, 3.63) is 58.5 Å². The second kappa shape index (κ2) is 7.63. The number of para-hydroxylation sites is 1. The summed E-state index contributed by atoms with van der Waals surface area (Å²) >= 11 is 3.17. The molecule has 1 atom stereocenters. The third-order valence-corrected chi connectivity index (χ3v) is 6.12. The minimum Gasteiger partial charge on any atom is -0.352 e. The first-order valence-electron chi connectivity index (χ1n) is 8.70. The highest BCUT2D eigenvalue weighted by Gasteiger charge is 2.27. The van der Waals surface area contributed by atoms with E-state index >= 15 is 0 Å². The van der Waals surface area contributed by atoms with Gasteiger partial charge >= 0.3 is 0 Å². The number of nitrogens with one attached hydrogen (secondary N) is 1. The van der Waals surface area contributed by atoms with Crippen molar-refractivity contribution in [2.75, 3.05) is 0 Å². The van der Waals surface area contributed by atoms with E-state index in [9.17, 15) is 4.79 Å². The first-order valence-corrected chi connectivity index (χ1v) is 10.5. The summed E-state index contributed by atoms with van der Waals surface area (Å²) in [5.41, 5.74) is 1.02. The lowest BCUT2D eigenvalue weighted by Gasteiger charge is -2.13. The maximum absolute atomic E-state index is 12.3. The molecule has 0 radical (unpaired) electrons. The number of aromatic nitrogens is 3. The summed E-state index contributed by atoms with van der Waals surface area (Å²) in [6.45, 7) is 1.92. The molecule has 0 bridgehead atoms. The van der Waals surface area contributed by atoms with E-state index in [0.717, 1.165) is 35.9 Å². The highest BCUT2D eigenvalue weighted by molar-refractivity contribution is 8.00. The maximum atomic E-state index is 12.3. The van der Waals surface area contributed by atoms with Crippen LogP contribution in [-0.4, -0.2) is 32.0 Å². The topological polar surface area (TPSA) is 59.8 Å². The maximum Gasteiger partial charge on any atom is 0.233 e. The van der Waals surface area contributed by atoms with Gasteiger partial charge in [-0.1, -0.05) is 36.0 Å². The number of thioether (sulfide) groups is 1. The second-order valence-electron chi connectivity index (χ2n) is 6.37. The number of carbonyl (C=O) groups excluding carboxylic acids is 1. The van der Waals surface area contributed by atoms with Gasteiger partial charge in [-0.3, -0.25) is 9.36 Å². The molecule has 0 aliphatic heterocycles. The lowest BCUT2D eigenvalue weighted by Crippen LogP contribution is -2.32. The third-order valence-electron chi connectivity index (χ3n) is 4.20. The molecule has 1 fully saturated rings. The molecule has 1 unspecified atom stereocenters. The van der Waals surface area contributed by atoms with Crippen molar-refractivity contribution in [2.24, 2.45) is 0 Å². The number of hydrogen-bond acceptors (Lipinski definition) is 5. The molecule has 2 heterocycles. The molecule has 1 aliphatic rings. The molecule has 7 heteroatoms. The Bertz CT molecular complexity index is 872. The molecule has 3 aromatic rings. The number of nitrogens with zero attached hydrogens (tertiary/aromatic N) is 3. The molecule has 0 spiro atoms. The standard InChI is InChI=1S/C19H20N4OS2/c1-13(18(24)20-14-9-10-14)26-19-22-21-17(12-16-8-5-11-25-16)23(19)15-6-3-2-4-7-15/h2-8,11,13-14H,9-10,12H2,1H3,(H,20,24). The van der Waals surface area contributed by atoms with Crippen LogP contribution in [0.15, 0.2) is 53.0 Å². The summed E-state index contributed by atoms with van der Waals surface area (Å²) in [6, 6.07) is 14.6. The van der Waals surface area contributed by atoms with E-state index in [1.54, 1.807) is 11.3 Å². The summed E-state index contributed by atoms with van der Waals surface area (Å²) in [4.78, 5) is 13.6. The van der Waals surface area contributed by atoms with Gasteiger partial charge in [0.25, 0.3) is 0 Å². The van der Waals surface area contributed by atoms with E-state index in [4.69, 9.17) is 0 Å². The van der Waals surface area contributed by atoms with Gasteiger partial charge in [-0.15, -0.1) is 21.5 Å². The largest absolute Gasteiger partial charge is 0.352 e. The number of amides is 1. The highest BCUT2D eigenvalue weighted by Crippen LogP contribution is 2.28. The van der Waals surface area contributed by atoms with Gasteiger partial charge in [0.1, 0.15) is 5.82 Å². The number of benzene rings is 1. The fourth-order valence-corrected chi connectivity index (χ4v) is 4.25. The number of rotatable bonds is 7. The highest BCUT2D eigenvalue weighted by atomic mass is 32.2. The predicted molar refractivity (Wildman–Crippen MR) is 105 cm³/mol. The van der Waals surface area contributed by atoms with Crippen LogP contribution in [0.1, 0.15) is 30.5 Å². The molecule has 1 aliphatic carbocycles. The van der Waals surface area contributed by atoms with Gasteiger partial charge in [0.2, 0.25) is 5.91 Å².